The van der Waals surface area contributed by atoms with Crippen molar-refractivity contribution in [3.05, 3.63) is 63.4 Å². The van der Waals surface area contributed by atoms with Gasteiger partial charge in [-0.25, -0.2) is 13.4 Å². The maximum Gasteiger partial charge on any atom is 0.266 e. The zero-order valence-corrected chi connectivity index (χ0v) is 20.0. The summed E-state index contributed by atoms with van der Waals surface area (Å²) < 4.78 is 25.0. The van der Waals surface area contributed by atoms with Crippen LogP contribution in [0.4, 0.5) is 0 Å². The van der Waals surface area contributed by atoms with Crippen LogP contribution < -0.4 is 5.56 Å². The van der Waals surface area contributed by atoms with Crippen molar-refractivity contribution < 1.29 is 13.2 Å². The van der Waals surface area contributed by atoms with Crippen molar-refractivity contribution in [1.82, 2.24) is 14.5 Å². The second kappa shape index (κ2) is 8.88. The third-order valence-corrected chi connectivity index (χ3v) is 8.44. The summed E-state index contributed by atoms with van der Waals surface area (Å²) in [5.74, 6) is -0.103. The van der Waals surface area contributed by atoms with Crippen molar-refractivity contribution in [3.63, 3.8) is 0 Å². The second-order valence-corrected chi connectivity index (χ2v) is 11.5. The highest BCUT2D eigenvalue weighted by molar-refractivity contribution is 7.99. The standard InChI is InChI=1S/C22H22ClN3O4S2/c1-14-4-3-5-16(10-14)26-21(28)18-7-6-15(23)11-19(18)24-22(26)31-12-20(27)25(2)17-8-9-32(29,30)13-17/h3-7,10-11,17H,8-9,12-13H2,1-2H3. The van der Waals surface area contributed by atoms with Gasteiger partial charge in [-0.3, -0.25) is 14.2 Å². The van der Waals surface area contributed by atoms with E-state index in [0.29, 0.717) is 33.2 Å². The Labute approximate surface area is 195 Å². The van der Waals surface area contributed by atoms with E-state index < -0.39 is 9.84 Å². The minimum atomic E-state index is -3.09. The van der Waals surface area contributed by atoms with Crippen molar-refractivity contribution >= 4 is 50.0 Å². The van der Waals surface area contributed by atoms with Crippen LogP contribution in [0.1, 0.15) is 12.0 Å². The highest BCUT2D eigenvalue weighted by atomic mass is 35.5. The molecule has 0 bridgehead atoms. The van der Waals surface area contributed by atoms with Gasteiger partial charge in [-0.1, -0.05) is 35.5 Å². The van der Waals surface area contributed by atoms with Gasteiger partial charge >= 0.3 is 0 Å². The quantitative estimate of drug-likeness (QED) is 0.402. The van der Waals surface area contributed by atoms with E-state index in [4.69, 9.17) is 11.6 Å². The molecule has 1 fully saturated rings. The molecule has 1 aromatic heterocycles. The lowest BCUT2D eigenvalue weighted by Crippen LogP contribution is -2.39. The Morgan fingerprint density at radius 1 is 1.28 bits per heavy atom. The molecule has 2 heterocycles. The first-order valence-corrected chi connectivity index (χ1v) is 13.2. The highest BCUT2D eigenvalue weighted by Crippen LogP contribution is 2.25. The summed E-state index contributed by atoms with van der Waals surface area (Å²) in [6, 6.07) is 12.1. The number of halogens is 1. The Bertz CT molecular complexity index is 1370. The Morgan fingerprint density at radius 2 is 2.06 bits per heavy atom. The van der Waals surface area contributed by atoms with Crippen molar-refractivity contribution in [2.75, 3.05) is 24.3 Å². The third kappa shape index (κ3) is 4.69. The minimum absolute atomic E-state index is 0.0133. The van der Waals surface area contributed by atoms with E-state index in [9.17, 15) is 18.0 Å². The molecule has 0 N–H and O–H groups in total. The van der Waals surface area contributed by atoms with Gasteiger partial charge in [-0.2, -0.15) is 0 Å². The zero-order chi connectivity index (χ0) is 23.0. The molecule has 1 aliphatic rings. The predicted molar refractivity (Wildman–Crippen MR) is 128 cm³/mol. The molecule has 168 valence electrons. The topological polar surface area (TPSA) is 89.3 Å². The number of nitrogens with zero attached hydrogens (tertiary/aromatic N) is 3. The van der Waals surface area contributed by atoms with Gasteiger partial charge in [0.25, 0.3) is 5.56 Å². The first-order chi connectivity index (χ1) is 15.1. The monoisotopic (exact) mass is 491 g/mol. The first kappa shape index (κ1) is 22.8. The molecule has 7 nitrogen and oxygen atoms in total. The average molecular weight is 492 g/mol. The number of hydrogen-bond acceptors (Lipinski definition) is 6. The van der Waals surface area contributed by atoms with Crippen LogP contribution in [0.5, 0.6) is 0 Å². The number of hydrogen-bond donors (Lipinski definition) is 0. The van der Waals surface area contributed by atoms with E-state index in [1.165, 1.54) is 9.47 Å². The lowest BCUT2D eigenvalue weighted by molar-refractivity contribution is -0.128. The summed E-state index contributed by atoms with van der Waals surface area (Å²) >= 11 is 7.25. The zero-order valence-electron chi connectivity index (χ0n) is 17.6. The molecule has 1 atom stereocenters. The number of aromatic nitrogens is 2. The molecule has 2 aromatic carbocycles. The molecule has 1 unspecified atom stereocenters. The van der Waals surface area contributed by atoms with Crippen LogP contribution in [-0.2, 0) is 14.6 Å². The van der Waals surface area contributed by atoms with Crippen LogP contribution in [0.3, 0.4) is 0 Å². The number of carbonyl (C=O) groups excluding carboxylic acids is 1. The van der Waals surface area contributed by atoms with Crippen molar-refractivity contribution in [2.45, 2.75) is 24.5 Å². The maximum absolute atomic E-state index is 13.3. The molecule has 1 amide bonds. The number of carbonyl (C=O) groups is 1. The molecular weight excluding hydrogens is 470 g/mol. The number of thioether (sulfide) groups is 1. The number of aryl methyl sites for hydroxylation is 1. The van der Waals surface area contributed by atoms with Gasteiger partial charge in [0.1, 0.15) is 0 Å². The summed E-state index contributed by atoms with van der Waals surface area (Å²) in [6.45, 7) is 1.93. The molecule has 0 saturated carbocycles. The first-order valence-electron chi connectivity index (χ1n) is 10.0. The van der Waals surface area contributed by atoms with Crippen LogP contribution in [0.2, 0.25) is 5.02 Å². The van der Waals surface area contributed by atoms with Crippen molar-refractivity contribution in [1.29, 1.82) is 0 Å². The fourth-order valence-electron chi connectivity index (χ4n) is 3.74. The van der Waals surface area contributed by atoms with Gasteiger partial charge in [0, 0.05) is 18.1 Å². The normalized spacial score (nSPS) is 17.5. The molecule has 1 saturated heterocycles. The lowest BCUT2D eigenvalue weighted by atomic mass is 10.2. The summed E-state index contributed by atoms with van der Waals surface area (Å²) in [5, 5.41) is 1.27. The number of amides is 1. The van der Waals surface area contributed by atoms with Gasteiger partial charge in [-0.15, -0.1) is 0 Å². The number of benzene rings is 2. The molecule has 32 heavy (non-hydrogen) atoms. The molecule has 1 aliphatic heterocycles. The summed E-state index contributed by atoms with van der Waals surface area (Å²) in [5.41, 5.74) is 1.85. The van der Waals surface area contributed by atoms with Gasteiger partial charge < -0.3 is 4.90 Å². The predicted octanol–water partition coefficient (Wildman–Crippen LogP) is 3.09. The largest absolute Gasteiger partial charge is 0.341 e. The fraction of sp³-hybridized carbons (Fsp3) is 0.318. The van der Waals surface area contributed by atoms with E-state index in [1.807, 2.05) is 31.2 Å². The molecule has 3 aromatic rings. The van der Waals surface area contributed by atoms with Crippen LogP contribution in [0, 0.1) is 6.92 Å². The molecule has 0 radical (unpaired) electrons. The van der Waals surface area contributed by atoms with E-state index in [0.717, 1.165) is 17.3 Å². The van der Waals surface area contributed by atoms with Gasteiger partial charge in [0.15, 0.2) is 15.0 Å². The molecule has 4 rings (SSSR count). The van der Waals surface area contributed by atoms with Gasteiger partial charge in [0.2, 0.25) is 5.91 Å². The number of sulfone groups is 1. The Kier molecular flexibility index (Phi) is 6.33. The Morgan fingerprint density at radius 3 is 2.75 bits per heavy atom. The van der Waals surface area contributed by atoms with Crippen LogP contribution in [0.25, 0.3) is 16.6 Å². The lowest BCUT2D eigenvalue weighted by Gasteiger charge is -2.23. The van der Waals surface area contributed by atoms with E-state index in [1.54, 1.807) is 25.2 Å². The van der Waals surface area contributed by atoms with Crippen LogP contribution in [0.15, 0.2) is 52.4 Å². The maximum atomic E-state index is 13.3. The second-order valence-electron chi connectivity index (χ2n) is 7.89. The van der Waals surface area contributed by atoms with E-state index >= 15 is 0 Å². The minimum Gasteiger partial charge on any atom is -0.341 e. The summed E-state index contributed by atoms with van der Waals surface area (Å²) in [6.07, 6.45) is 0.440. The third-order valence-electron chi connectivity index (χ3n) is 5.53. The van der Waals surface area contributed by atoms with Crippen LogP contribution >= 0.6 is 23.4 Å². The summed E-state index contributed by atoms with van der Waals surface area (Å²) in [7, 11) is -1.47. The van der Waals surface area contributed by atoms with Gasteiger partial charge in [0.05, 0.1) is 33.8 Å². The Hall–Kier alpha value is -2.36. The molecule has 0 aliphatic carbocycles. The highest BCUT2D eigenvalue weighted by Gasteiger charge is 2.32. The summed E-state index contributed by atoms with van der Waals surface area (Å²) in [4.78, 5) is 32.2. The Balaban J connectivity index is 1.68. The van der Waals surface area contributed by atoms with Crippen molar-refractivity contribution in [2.24, 2.45) is 0 Å². The number of fused-ring (bicyclic) bond motifs is 1. The number of rotatable bonds is 5. The van der Waals surface area contributed by atoms with E-state index in [-0.39, 0.29) is 34.8 Å². The average Bonchev–Trinajstić information content (AvgIpc) is 3.10. The molecular formula is C22H22ClN3O4S2. The van der Waals surface area contributed by atoms with Crippen LogP contribution in [-0.4, -0.2) is 59.1 Å². The van der Waals surface area contributed by atoms with E-state index in [2.05, 4.69) is 4.98 Å². The molecule has 10 heteroatoms. The fourth-order valence-corrected chi connectivity index (χ4v) is 6.62. The van der Waals surface area contributed by atoms with Crippen molar-refractivity contribution in [3.8, 4) is 5.69 Å². The van der Waals surface area contributed by atoms with Gasteiger partial charge in [-0.05, 0) is 49.2 Å². The molecule has 0 spiro atoms. The SMILES string of the molecule is Cc1cccc(-n2c(SCC(=O)N(C)C3CCS(=O)(=O)C3)nc3cc(Cl)ccc3c2=O)c1. The smallest absolute Gasteiger partial charge is 0.266 e.